The molecule has 0 radical (unpaired) electrons. The van der Waals surface area contributed by atoms with Crippen molar-refractivity contribution in [2.24, 2.45) is 0 Å². The molecule has 34 heavy (non-hydrogen) atoms. The molecule has 2 amide bonds. The van der Waals surface area contributed by atoms with E-state index >= 15 is 0 Å². The number of benzene rings is 2. The molecule has 0 saturated carbocycles. The van der Waals surface area contributed by atoms with Gasteiger partial charge in [-0.3, -0.25) is 19.4 Å². The van der Waals surface area contributed by atoms with Crippen LogP contribution in [0.5, 0.6) is 11.5 Å². The topological polar surface area (TPSA) is 62.3 Å². The second-order valence-corrected chi connectivity index (χ2v) is 9.52. The molecule has 0 unspecified atom stereocenters. The highest BCUT2D eigenvalue weighted by Gasteiger charge is 2.36. The summed E-state index contributed by atoms with van der Waals surface area (Å²) in [6.45, 7) is 6.04. The van der Waals surface area contributed by atoms with Crippen LogP contribution < -0.4 is 14.4 Å². The zero-order chi connectivity index (χ0) is 24.1. The second-order valence-electron chi connectivity index (χ2n) is 8.09. The lowest BCUT2D eigenvalue weighted by atomic mass is 10.2. The third-order valence-electron chi connectivity index (χ3n) is 5.71. The van der Waals surface area contributed by atoms with Crippen molar-refractivity contribution >= 4 is 46.3 Å². The maximum Gasteiger partial charge on any atom is 0.294 e. The lowest BCUT2D eigenvalue weighted by Gasteiger charge is -2.37. The number of rotatable bonds is 8. The number of halogens is 1. The normalized spacial score (nSPS) is 18.1. The van der Waals surface area contributed by atoms with Gasteiger partial charge >= 0.3 is 0 Å². The summed E-state index contributed by atoms with van der Waals surface area (Å²) >= 11 is 7.09. The highest BCUT2D eigenvalue weighted by molar-refractivity contribution is 8.18. The first-order chi connectivity index (χ1) is 16.5. The number of hydrogen-bond acceptors (Lipinski definition) is 7. The van der Waals surface area contributed by atoms with E-state index < -0.39 is 0 Å². The van der Waals surface area contributed by atoms with Crippen LogP contribution in [0.1, 0.15) is 18.9 Å². The Kier molecular flexibility index (Phi) is 8.03. The maximum atomic E-state index is 13.0. The third kappa shape index (κ3) is 5.68. The number of anilines is 1. The van der Waals surface area contributed by atoms with Gasteiger partial charge in [-0.2, -0.15) is 0 Å². The molecule has 0 N–H and O–H groups in total. The first-order valence-electron chi connectivity index (χ1n) is 11.3. The van der Waals surface area contributed by atoms with Gasteiger partial charge in [0, 0.05) is 36.9 Å². The van der Waals surface area contributed by atoms with E-state index in [9.17, 15) is 9.59 Å². The summed E-state index contributed by atoms with van der Waals surface area (Å²) in [6.07, 6.45) is 2.63. The fourth-order valence-corrected chi connectivity index (χ4v) is 4.91. The fourth-order valence-electron chi connectivity index (χ4n) is 3.90. The molecule has 0 aromatic heterocycles. The molecule has 180 valence electrons. The molecule has 0 atom stereocenters. The lowest BCUT2D eigenvalue weighted by Crippen LogP contribution is -2.50. The van der Waals surface area contributed by atoms with Gasteiger partial charge in [-0.1, -0.05) is 30.7 Å². The van der Waals surface area contributed by atoms with E-state index in [1.54, 1.807) is 13.2 Å². The van der Waals surface area contributed by atoms with Gasteiger partial charge in [0.15, 0.2) is 11.5 Å². The van der Waals surface area contributed by atoms with Crippen LogP contribution in [0.3, 0.4) is 0 Å². The van der Waals surface area contributed by atoms with E-state index in [0.29, 0.717) is 34.7 Å². The lowest BCUT2D eigenvalue weighted by molar-refractivity contribution is -0.124. The number of carbonyl (C=O) groups excluding carboxylic acids is 2. The summed E-state index contributed by atoms with van der Waals surface area (Å²) < 4.78 is 11.1. The monoisotopic (exact) mass is 501 g/mol. The number of hydrogen-bond donors (Lipinski definition) is 0. The van der Waals surface area contributed by atoms with Gasteiger partial charge in [-0.05, 0) is 60.2 Å². The molecular formula is C25H28ClN3O4S. The fraction of sp³-hybridized carbons (Fsp3) is 0.360. The smallest absolute Gasteiger partial charge is 0.294 e. The molecule has 0 aliphatic carbocycles. The summed E-state index contributed by atoms with van der Waals surface area (Å²) in [5.41, 5.74) is 1.86. The van der Waals surface area contributed by atoms with E-state index in [2.05, 4.69) is 9.80 Å². The van der Waals surface area contributed by atoms with E-state index in [1.165, 1.54) is 4.90 Å². The molecule has 2 aliphatic heterocycles. The molecule has 7 nitrogen and oxygen atoms in total. The Morgan fingerprint density at radius 2 is 1.85 bits per heavy atom. The molecule has 2 heterocycles. The van der Waals surface area contributed by atoms with Gasteiger partial charge in [-0.15, -0.1) is 0 Å². The molecule has 2 saturated heterocycles. The zero-order valence-corrected chi connectivity index (χ0v) is 20.9. The summed E-state index contributed by atoms with van der Waals surface area (Å²) in [5.74, 6) is 0.989. The van der Waals surface area contributed by atoms with Crippen molar-refractivity contribution in [2.75, 3.05) is 51.5 Å². The third-order valence-corrected chi connectivity index (χ3v) is 6.85. The van der Waals surface area contributed by atoms with E-state index in [-0.39, 0.29) is 11.1 Å². The number of amides is 2. The van der Waals surface area contributed by atoms with Gasteiger partial charge in [0.1, 0.15) is 0 Å². The van der Waals surface area contributed by atoms with Crippen molar-refractivity contribution in [3.8, 4) is 11.5 Å². The molecule has 2 fully saturated rings. The van der Waals surface area contributed by atoms with Crippen LogP contribution in [0.15, 0.2) is 47.4 Å². The largest absolute Gasteiger partial charge is 0.493 e. The van der Waals surface area contributed by atoms with Crippen LogP contribution in [-0.4, -0.2) is 67.5 Å². The number of piperazine rings is 1. The Bertz CT molecular complexity index is 1090. The minimum Gasteiger partial charge on any atom is -0.493 e. The quantitative estimate of drug-likeness (QED) is 0.474. The van der Waals surface area contributed by atoms with Crippen LogP contribution in [0.25, 0.3) is 6.08 Å². The predicted molar refractivity (Wildman–Crippen MR) is 137 cm³/mol. The van der Waals surface area contributed by atoms with Crippen LogP contribution >= 0.6 is 23.4 Å². The predicted octanol–water partition coefficient (Wildman–Crippen LogP) is 4.95. The second kappa shape index (κ2) is 11.2. The first-order valence-corrected chi connectivity index (χ1v) is 12.5. The molecule has 9 heteroatoms. The van der Waals surface area contributed by atoms with Gasteiger partial charge in [-0.25, -0.2) is 0 Å². The van der Waals surface area contributed by atoms with Crippen molar-refractivity contribution in [1.29, 1.82) is 0 Å². The van der Waals surface area contributed by atoms with Crippen molar-refractivity contribution in [3.63, 3.8) is 0 Å². The molecule has 4 rings (SSSR count). The van der Waals surface area contributed by atoms with Crippen LogP contribution in [0.4, 0.5) is 10.5 Å². The molecule has 0 bridgehead atoms. The summed E-state index contributed by atoms with van der Waals surface area (Å²) in [5, 5.41) is 0.466. The molecule has 2 aliphatic rings. The molecule has 2 aromatic carbocycles. The van der Waals surface area contributed by atoms with E-state index in [4.69, 9.17) is 21.1 Å². The Balaban J connectivity index is 1.38. The highest BCUT2D eigenvalue weighted by atomic mass is 35.5. The van der Waals surface area contributed by atoms with Gasteiger partial charge in [0.2, 0.25) is 0 Å². The average Bonchev–Trinajstić information content (AvgIpc) is 3.10. The summed E-state index contributed by atoms with van der Waals surface area (Å²) in [7, 11) is 1.58. The number of methoxy groups -OCH3 is 1. The van der Waals surface area contributed by atoms with Crippen molar-refractivity contribution in [2.45, 2.75) is 13.3 Å². The number of carbonyl (C=O) groups is 2. The maximum absolute atomic E-state index is 13.0. The van der Waals surface area contributed by atoms with Crippen LogP contribution in [0.2, 0.25) is 5.02 Å². The van der Waals surface area contributed by atoms with Crippen molar-refractivity contribution < 1.29 is 19.1 Å². The Morgan fingerprint density at radius 1 is 1.06 bits per heavy atom. The van der Waals surface area contributed by atoms with Crippen LogP contribution in [0, 0.1) is 0 Å². The minimum atomic E-state index is -0.266. The van der Waals surface area contributed by atoms with Crippen molar-refractivity contribution in [3.05, 3.63) is 58.0 Å². The number of ether oxygens (including phenoxy) is 2. The molecule has 2 aromatic rings. The number of imide groups is 1. The van der Waals surface area contributed by atoms with Gasteiger partial charge in [0.05, 0.1) is 25.3 Å². The number of nitrogens with zero attached hydrogens (tertiary/aromatic N) is 3. The minimum absolute atomic E-state index is 0.247. The SMILES string of the molecule is CCCOc1ccc(/C=C2/SC(=O)N(CN3CCN(c4cccc(Cl)c4)CC3)C2=O)cc1OC. The van der Waals surface area contributed by atoms with Gasteiger partial charge in [0.25, 0.3) is 11.1 Å². The average molecular weight is 502 g/mol. The van der Waals surface area contributed by atoms with Gasteiger partial charge < -0.3 is 14.4 Å². The first kappa shape index (κ1) is 24.4. The Morgan fingerprint density at radius 3 is 2.56 bits per heavy atom. The summed E-state index contributed by atoms with van der Waals surface area (Å²) in [6, 6.07) is 13.3. The number of thioether (sulfide) groups is 1. The summed E-state index contributed by atoms with van der Waals surface area (Å²) in [4.78, 5) is 31.7. The van der Waals surface area contributed by atoms with E-state index in [0.717, 1.165) is 55.6 Å². The highest BCUT2D eigenvalue weighted by Crippen LogP contribution is 2.35. The zero-order valence-electron chi connectivity index (χ0n) is 19.3. The Hall–Kier alpha value is -2.68. The molecular weight excluding hydrogens is 474 g/mol. The van der Waals surface area contributed by atoms with Crippen LogP contribution in [-0.2, 0) is 4.79 Å². The Labute approximate surface area is 209 Å². The standard InChI is InChI=1S/C25H28ClN3O4S/c1-3-13-33-21-8-7-18(14-22(21)32-2)15-23-24(30)29(25(31)34-23)17-27-9-11-28(12-10-27)20-6-4-5-19(26)16-20/h4-8,14-16H,3,9-13,17H2,1-2H3/b23-15+. The van der Waals surface area contributed by atoms with E-state index in [1.807, 2.05) is 49.4 Å². The van der Waals surface area contributed by atoms with Crippen molar-refractivity contribution in [1.82, 2.24) is 9.80 Å². The molecule has 0 spiro atoms.